The Morgan fingerprint density at radius 2 is 1.59 bits per heavy atom. The van der Waals surface area contributed by atoms with E-state index in [1.807, 2.05) is 0 Å². The summed E-state index contributed by atoms with van der Waals surface area (Å²) in [5.74, 6) is 5.00. The second-order valence-electron chi connectivity index (χ2n) is 12.1. The van der Waals surface area contributed by atoms with Crippen LogP contribution in [0.3, 0.4) is 0 Å². The predicted molar refractivity (Wildman–Crippen MR) is 123 cm³/mol. The van der Waals surface area contributed by atoms with Crippen LogP contribution < -0.4 is 0 Å². The van der Waals surface area contributed by atoms with Crippen LogP contribution >= 0.6 is 0 Å². The zero-order valence-corrected chi connectivity index (χ0v) is 19.4. The van der Waals surface area contributed by atoms with Gasteiger partial charge in [0.2, 0.25) is 0 Å². The predicted octanol–water partition coefficient (Wildman–Crippen LogP) is 7.17. The second kappa shape index (κ2) is 7.40. The van der Waals surface area contributed by atoms with Crippen molar-refractivity contribution in [3.8, 4) is 0 Å². The van der Waals surface area contributed by atoms with E-state index in [2.05, 4.69) is 63.1 Å². The average Bonchev–Trinajstić information content (AvgIpc) is 3.06. The molecule has 5 rings (SSSR count). The molecule has 4 aliphatic carbocycles. The Balaban J connectivity index is 1.34. The fourth-order valence-corrected chi connectivity index (χ4v) is 9.15. The van der Waals surface area contributed by atoms with E-state index in [0.29, 0.717) is 10.8 Å². The lowest BCUT2D eigenvalue weighted by Crippen LogP contribution is -2.55. The topological polar surface area (TPSA) is 3.24 Å². The van der Waals surface area contributed by atoms with Gasteiger partial charge in [-0.15, -0.1) is 0 Å². The summed E-state index contributed by atoms with van der Waals surface area (Å²) in [5, 5.41) is 0. The van der Waals surface area contributed by atoms with Gasteiger partial charge in [-0.1, -0.05) is 57.5 Å². The lowest BCUT2D eigenvalue weighted by Gasteiger charge is -2.61. The summed E-state index contributed by atoms with van der Waals surface area (Å²) in [5.41, 5.74) is 2.67. The van der Waals surface area contributed by atoms with Gasteiger partial charge in [0, 0.05) is 12.6 Å². The molecule has 0 aromatic heterocycles. The molecule has 1 aromatic rings. The molecule has 1 nitrogen and oxygen atoms in total. The molecule has 1 aromatic carbocycles. The van der Waals surface area contributed by atoms with E-state index >= 15 is 0 Å². The zero-order chi connectivity index (χ0) is 20.2. The van der Waals surface area contributed by atoms with Crippen molar-refractivity contribution in [2.24, 2.45) is 40.4 Å². The quantitative estimate of drug-likeness (QED) is 0.526. The summed E-state index contributed by atoms with van der Waals surface area (Å²) in [6.07, 6.45) is 13.5. The molecule has 4 saturated carbocycles. The van der Waals surface area contributed by atoms with Gasteiger partial charge in [0.25, 0.3) is 0 Å². The van der Waals surface area contributed by atoms with Crippen LogP contribution in [0.4, 0.5) is 0 Å². The zero-order valence-electron chi connectivity index (χ0n) is 19.4. The molecule has 29 heavy (non-hydrogen) atoms. The SMILES string of the molecule is CC1CCC2(C)C(CCC3C2CCC2(C)C3CCC2N(C)Cc2ccccc2)C1. The molecule has 8 atom stereocenters. The first-order valence-corrected chi connectivity index (χ1v) is 12.7. The van der Waals surface area contributed by atoms with Crippen LogP contribution in [-0.2, 0) is 6.54 Å². The van der Waals surface area contributed by atoms with Gasteiger partial charge >= 0.3 is 0 Å². The summed E-state index contributed by atoms with van der Waals surface area (Å²) in [4.78, 5) is 2.71. The van der Waals surface area contributed by atoms with E-state index in [9.17, 15) is 0 Å². The minimum absolute atomic E-state index is 0.538. The van der Waals surface area contributed by atoms with Gasteiger partial charge in [0.15, 0.2) is 0 Å². The summed E-state index contributed by atoms with van der Waals surface area (Å²) in [6, 6.07) is 11.9. The number of nitrogens with zero attached hydrogens (tertiary/aromatic N) is 1. The van der Waals surface area contributed by atoms with Gasteiger partial charge in [0.05, 0.1) is 0 Å². The smallest absolute Gasteiger partial charge is 0.0233 e. The second-order valence-corrected chi connectivity index (χ2v) is 12.1. The van der Waals surface area contributed by atoms with Gasteiger partial charge in [0.1, 0.15) is 0 Å². The lowest BCUT2D eigenvalue weighted by molar-refractivity contribution is -0.119. The molecule has 0 aliphatic heterocycles. The van der Waals surface area contributed by atoms with Crippen molar-refractivity contribution in [1.29, 1.82) is 0 Å². The summed E-state index contributed by atoms with van der Waals surface area (Å²) < 4.78 is 0. The highest BCUT2D eigenvalue weighted by Crippen LogP contribution is 2.67. The van der Waals surface area contributed by atoms with Crippen LogP contribution in [-0.4, -0.2) is 18.0 Å². The molecular formula is C28H43N. The molecule has 0 spiro atoms. The molecule has 0 heterocycles. The van der Waals surface area contributed by atoms with Crippen LogP contribution in [0.1, 0.15) is 84.1 Å². The van der Waals surface area contributed by atoms with E-state index in [-0.39, 0.29) is 0 Å². The number of hydrogen-bond donors (Lipinski definition) is 0. The molecule has 0 radical (unpaired) electrons. The third-order valence-electron chi connectivity index (χ3n) is 10.7. The number of fused-ring (bicyclic) bond motifs is 5. The maximum absolute atomic E-state index is 2.72. The third kappa shape index (κ3) is 3.22. The van der Waals surface area contributed by atoms with Gasteiger partial charge < -0.3 is 0 Å². The molecule has 4 fully saturated rings. The van der Waals surface area contributed by atoms with Crippen LogP contribution in [0.15, 0.2) is 30.3 Å². The van der Waals surface area contributed by atoms with Crippen molar-refractivity contribution in [2.75, 3.05) is 7.05 Å². The average molecular weight is 394 g/mol. The van der Waals surface area contributed by atoms with Crippen molar-refractivity contribution in [3.63, 3.8) is 0 Å². The highest BCUT2D eigenvalue weighted by Gasteiger charge is 2.60. The molecule has 0 N–H and O–H groups in total. The largest absolute Gasteiger partial charge is 0.299 e. The molecule has 1 heteroatoms. The Labute approximate surface area is 179 Å². The third-order valence-corrected chi connectivity index (χ3v) is 10.7. The van der Waals surface area contributed by atoms with E-state index in [0.717, 1.165) is 42.2 Å². The van der Waals surface area contributed by atoms with E-state index in [1.165, 1.54) is 63.4 Å². The molecule has 4 aliphatic rings. The fraction of sp³-hybridized carbons (Fsp3) is 0.786. The van der Waals surface area contributed by atoms with E-state index < -0.39 is 0 Å². The van der Waals surface area contributed by atoms with E-state index in [1.54, 1.807) is 0 Å². The van der Waals surface area contributed by atoms with Gasteiger partial charge in [-0.3, -0.25) is 4.90 Å². The van der Waals surface area contributed by atoms with Crippen molar-refractivity contribution in [3.05, 3.63) is 35.9 Å². The first kappa shape index (κ1) is 20.1. The molecule has 0 saturated heterocycles. The molecular weight excluding hydrogens is 350 g/mol. The van der Waals surface area contributed by atoms with Crippen LogP contribution in [0.25, 0.3) is 0 Å². The molecule has 0 bridgehead atoms. The molecule has 0 amide bonds. The highest BCUT2D eigenvalue weighted by molar-refractivity contribution is 5.16. The maximum Gasteiger partial charge on any atom is 0.0233 e. The Morgan fingerprint density at radius 3 is 2.38 bits per heavy atom. The van der Waals surface area contributed by atoms with Crippen molar-refractivity contribution in [2.45, 2.75) is 91.1 Å². The first-order chi connectivity index (χ1) is 13.9. The monoisotopic (exact) mass is 393 g/mol. The van der Waals surface area contributed by atoms with Crippen LogP contribution in [0.2, 0.25) is 0 Å². The fourth-order valence-electron chi connectivity index (χ4n) is 9.15. The summed E-state index contributed by atoms with van der Waals surface area (Å²) >= 11 is 0. The Morgan fingerprint density at radius 1 is 0.862 bits per heavy atom. The van der Waals surface area contributed by atoms with Crippen molar-refractivity contribution >= 4 is 0 Å². The minimum atomic E-state index is 0.538. The van der Waals surface area contributed by atoms with Gasteiger partial charge in [-0.2, -0.15) is 0 Å². The van der Waals surface area contributed by atoms with Crippen LogP contribution in [0, 0.1) is 40.4 Å². The van der Waals surface area contributed by atoms with Crippen molar-refractivity contribution < 1.29 is 0 Å². The molecule has 8 unspecified atom stereocenters. The first-order valence-electron chi connectivity index (χ1n) is 12.7. The van der Waals surface area contributed by atoms with Crippen LogP contribution in [0.5, 0.6) is 0 Å². The Kier molecular flexibility index (Phi) is 5.13. The van der Waals surface area contributed by atoms with Gasteiger partial charge in [-0.25, -0.2) is 0 Å². The normalized spacial score (nSPS) is 46.8. The minimum Gasteiger partial charge on any atom is -0.299 e. The number of rotatable bonds is 3. The highest BCUT2D eigenvalue weighted by atomic mass is 15.1. The molecule has 160 valence electrons. The standard InChI is InChI=1S/C28H43N/c1-20-14-16-27(2)22(18-20)10-11-23-24-12-13-26(28(24,3)17-15-25(23)27)29(4)19-21-8-6-5-7-9-21/h5-9,20,22-26H,10-19H2,1-4H3. The lowest BCUT2D eigenvalue weighted by atomic mass is 9.44. The van der Waals surface area contributed by atoms with Gasteiger partial charge in [-0.05, 0) is 104 Å². The maximum atomic E-state index is 2.72. The van der Waals surface area contributed by atoms with Crippen molar-refractivity contribution in [1.82, 2.24) is 4.90 Å². The van der Waals surface area contributed by atoms with E-state index in [4.69, 9.17) is 0 Å². The Hall–Kier alpha value is -0.820. The summed E-state index contributed by atoms with van der Waals surface area (Å²) in [7, 11) is 2.40. The summed E-state index contributed by atoms with van der Waals surface area (Å²) in [6.45, 7) is 9.02. The Bertz CT molecular complexity index is 712. The number of benzene rings is 1. The number of hydrogen-bond acceptors (Lipinski definition) is 1.